The molecule has 0 radical (unpaired) electrons. The molecule has 3 aliphatic rings. The maximum Gasteiger partial charge on any atom is 0.289 e. The fourth-order valence-electron chi connectivity index (χ4n) is 4.00. The smallest absolute Gasteiger partial charge is 0.289 e. The largest absolute Gasteiger partial charge is 0.379 e. The number of morpholine rings is 1. The Morgan fingerprint density at radius 2 is 1.90 bits per heavy atom. The van der Waals surface area contributed by atoms with Gasteiger partial charge in [-0.3, -0.25) is 24.2 Å². The van der Waals surface area contributed by atoms with Crippen LogP contribution in [-0.2, 0) is 27.4 Å². The summed E-state index contributed by atoms with van der Waals surface area (Å²) in [4.78, 5) is 43.2. The molecule has 2 N–H and O–H groups in total. The first-order valence-corrected chi connectivity index (χ1v) is 11.2. The molecule has 0 atom stereocenters. The first kappa shape index (κ1) is 20.0. The third-order valence-corrected chi connectivity index (χ3v) is 6.48. The molecule has 3 amide bonds. The summed E-state index contributed by atoms with van der Waals surface area (Å²) in [5, 5.41) is 2.66. The Balaban J connectivity index is 1.36. The second-order valence-electron chi connectivity index (χ2n) is 7.78. The number of carbonyl (C=O) groups excluding carboxylic acids is 3. The van der Waals surface area contributed by atoms with Gasteiger partial charge in [0.25, 0.3) is 11.1 Å². The minimum atomic E-state index is -0.227. The van der Waals surface area contributed by atoms with Crippen molar-refractivity contribution >= 4 is 46.2 Å². The number of rotatable bonds is 5. The standard InChI is InChI=1S/C22H22N4O4S/c27-20-13-31-22(29)26(20)12-14-1-2-19-17(8-14)18(21(28)24-19)9-16-7-15(10-23-16)11-25-3-5-30-6-4-25/h1-2,7-10,23H,3-6,11-13H2,(H,24,28). The van der Waals surface area contributed by atoms with E-state index in [1.165, 1.54) is 4.90 Å². The molecule has 2 saturated heterocycles. The van der Waals surface area contributed by atoms with Gasteiger partial charge in [0.05, 0.1) is 31.1 Å². The Hall–Kier alpha value is -2.88. The Labute approximate surface area is 183 Å². The highest BCUT2D eigenvalue weighted by Crippen LogP contribution is 2.34. The number of thioether (sulfide) groups is 1. The zero-order valence-electron chi connectivity index (χ0n) is 16.8. The molecule has 4 heterocycles. The number of nitrogens with zero attached hydrogens (tertiary/aromatic N) is 2. The predicted molar refractivity (Wildman–Crippen MR) is 118 cm³/mol. The van der Waals surface area contributed by atoms with E-state index in [1.807, 2.05) is 30.5 Å². The monoisotopic (exact) mass is 438 g/mol. The van der Waals surface area contributed by atoms with Crippen molar-refractivity contribution in [1.82, 2.24) is 14.8 Å². The topological polar surface area (TPSA) is 94.7 Å². The maximum absolute atomic E-state index is 12.6. The minimum Gasteiger partial charge on any atom is -0.379 e. The number of fused-ring (bicyclic) bond motifs is 1. The molecule has 5 rings (SSSR count). The quantitative estimate of drug-likeness (QED) is 0.697. The third kappa shape index (κ3) is 4.16. The lowest BCUT2D eigenvalue weighted by Crippen LogP contribution is -2.35. The molecule has 0 unspecified atom stereocenters. The number of amides is 3. The number of hydrogen-bond acceptors (Lipinski definition) is 6. The molecule has 1 aromatic carbocycles. The second kappa shape index (κ2) is 8.33. The van der Waals surface area contributed by atoms with Crippen LogP contribution in [0.2, 0.25) is 0 Å². The van der Waals surface area contributed by atoms with Crippen LogP contribution in [0.3, 0.4) is 0 Å². The maximum atomic E-state index is 12.6. The van der Waals surface area contributed by atoms with E-state index in [-0.39, 0.29) is 29.4 Å². The molecule has 1 aromatic heterocycles. The van der Waals surface area contributed by atoms with E-state index in [2.05, 4.69) is 21.3 Å². The zero-order chi connectivity index (χ0) is 21.4. The molecule has 3 aliphatic heterocycles. The van der Waals surface area contributed by atoms with Crippen LogP contribution in [0.15, 0.2) is 30.5 Å². The van der Waals surface area contributed by atoms with E-state index < -0.39 is 0 Å². The van der Waals surface area contributed by atoms with Crippen molar-refractivity contribution in [1.29, 1.82) is 0 Å². The van der Waals surface area contributed by atoms with Crippen molar-refractivity contribution in [3.05, 3.63) is 52.8 Å². The van der Waals surface area contributed by atoms with Crippen molar-refractivity contribution in [2.75, 3.05) is 37.4 Å². The molecule has 2 fully saturated rings. The molecule has 2 aromatic rings. The molecule has 9 heteroatoms. The summed E-state index contributed by atoms with van der Waals surface area (Å²) >= 11 is 1.02. The predicted octanol–water partition coefficient (Wildman–Crippen LogP) is 2.54. The van der Waals surface area contributed by atoms with Crippen LogP contribution < -0.4 is 5.32 Å². The summed E-state index contributed by atoms with van der Waals surface area (Å²) in [6, 6.07) is 7.58. The van der Waals surface area contributed by atoms with Gasteiger partial charge >= 0.3 is 0 Å². The average Bonchev–Trinajstić information content (AvgIpc) is 3.43. The Kier molecular flexibility index (Phi) is 5.39. The van der Waals surface area contributed by atoms with Gasteiger partial charge in [-0.1, -0.05) is 17.8 Å². The molecule has 31 heavy (non-hydrogen) atoms. The summed E-state index contributed by atoms with van der Waals surface area (Å²) in [6.45, 7) is 4.40. The first-order valence-electron chi connectivity index (χ1n) is 10.2. The zero-order valence-corrected chi connectivity index (χ0v) is 17.7. The normalized spacial score (nSPS) is 20.6. The van der Waals surface area contributed by atoms with Crippen LogP contribution in [0.5, 0.6) is 0 Å². The number of anilines is 1. The number of carbonyl (C=O) groups is 3. The van der Waals surface area contributed by atoms with Gasteiger partial charge in [-0.15, -0.1) is 0 Å². The summed E-state index contributed by atoms with van der Waals surface area (Å²) in [7, 11) is 0. The Morgan fingerprint density at radius 3 is 2.68 bits per heavy atom. The van der Waals surface area contributed by atoms with Crippen LogP contribution in [0, 0.1) is 0 Å². The van der Waals surface area contributed by atoms with Gasteiger partial charge in [0.2, 0.25) is 5.91 Å². The van der Waals surface area contributed by atoms with Gasteiger partial charge in [0, 0.05) is 42.8 Å². The second-order valence-corrected chi connectivity index (χ2v) is 8.70. The lowest BCUT2D eigenvalue weighted by atomic mass is 10.0. The van der Waals surface area contributed by atoms with Crippen molar-refractivity contribution < 1.29 is 19.1 Å². The number of benzene rings is 1. The lowest BCUT2D eigenvalue weighted by Gasteiger charge is -2.25. The molecular weight excluding hydrogens is 416 g/mol. The summed E-state index contributed by atoms with van der Waals surface area (Å²) in [6.07, 6.45) is 3.81. The van der Waals surface area contributed by atoms with Crippen LogP contribution in [0.1, 0.15) is 22.4 Å². The van der Waals surface area contributed by atoms with E-state index in [4.69, 9.17) is 4.74 Å². The van der Waals surface area contributed by atoms with Crippen molar-refractivity contribution in [3.8, 4) is 0 Å². The van der Waals surface area contributed by atoms with Gasteiger partial charge < -0.3 is 15.0 Å². The number of ether oxygens (including phenoxy) is 1. The summed E-state index contributed by atoms with van der Waals surface area (Å²) < 4.78 is 5.39. The van der Waals surface area contributed by atoms with Crippen LogP contribution in [0.4, 0.5) is 10.5 Å². The molecule has 0 saturated carbocycles. The summed E-state index contributed by atoms with van der Waals surface area (Å²) in [5.74, 6) is -0.158. The SMILES string of the molecule is O=C1Nc2ccc(CN3C(=O)CSC3=O)cc2C1=Cc1cc(CN2CCOCC2)c[nH]1. The van der Waals surface area contributed by atoms with Gasteiger partial charge in [-0.05, 0) is 35.4 Å². The van der Waals surface area contributed by atoms with Crippen molar-refractivity contribution in [2.24, 2.45) is 0 Å². The third-order valence-electron chi connectivity index (χ3n) is 5.62. The number of hydrogen-bond donors (Lipinski definition) is 2. The van der Waals surface area contributed by atoms with E-state index in [9.17, 15) is 14.4 Å². The number of H-pyrrole nitrogens is 1. The van der Waals surface area contributed by atoms with E-state index in [0.29, 0.717) is 5.57 Å². The highest BCUT2D eigenvalue weighted by molar-refractivity contribution is 8.14. The number of aromatic amines is 1. The average molecular weight is 439 g/mol. The van der Waals surface area contributed by atoms with Crippen molar-refractivity contribution in [3.63, 3.8) is 0 Å². The van der Waals surface area contributed by atoms with Crippen LogP contribution in [-0.4, -0.2) is 63.9 Å². The van der Waals surface area contributed by atoms with Gasteiger partial charge in [-0.2, -0.15) is 0 Å². The minimum absolute atomic E-state index is 0.166. The highest BCUT2D eigenvalue weighted by Gasteiger charge is 2.31. The van der Waals surface area contributed by atoms with Gasteiger partial charge in [0.15, 0.2) is 0 Å². The number of imide groups is 1. The molecule has 8 nitrogen and oxygen atoms in total. The fourth-order valence-corrected chi connectivity index (χ4v) is 4.72. The van der Waals surface area contributed by atoms with E-state index >= 15 is 0 Å². The van der Waals surface area contributed by atoms with Crippen LogP contribution >= 0.6 is 11.8 Å². The Morgan fingerprint density at radius 1 is 1.06 bits per heavy atom. The number of nitrogens with one attached hydrogen (secondary N) is 2. The van der Waals surface area contributed by atoms with Crippen LogP contribution in [0.25, 0.3) is 11.6 Å². The fraction of sp³-hybridized carbons (Fsp3) is 0.318. The lowest BCUT2D eigenvalue weighted by molar-refractivity contribution is -0.125. The van der Waals surface area contributed by atoms with Crippen molar-refractivity contribution in [2.45, 2.75) is 13.1 Å². The molecule has 160 valence electrons. The Bertz CT molecular complexity index is 1070. The van der Waals surface area contributed by atoms with E-state index in [0.717, 1.165) is 72.7 Å². The van der Waals surface area contributed by atoms with Gasteiger partial charge in [-0.25, -0.2) is 0 Å². The van der Waals surface area contributed by atoms with E-state index in [1.54, 1.807) is 0 Å². The number of aromatic nitrogens is 1. The molecular formula is C22H22N4O4S. The summed E-state index contributed by atoms with van der Waals surface area (Å²) in [5.41, 5.74) is 4.89. The molecule has 0 aliphatic carbocycles. The van der Waals surface area contributed by atoms with Gasteiger partial charge in [0.1, 0.15) is 0 Å². The molecule has 0 spiro atoms. The first-order chi connectivity index (χ1) is 15.1. The highest BCUT2D eigenvalue weighted by atomic mass is 32.2. The molecule has 0 bridgehead atoms.